The number of likely N-dealkylation sites (tertiary alicyclic amines) is 1. The van der Waals surface area contributed by atoms with Gasteiger partial charge in [0.25, 0.3) is 0 Å². The number of rotatable bonds is 0. The Kier molecular flexibility index (Phi) is 2.43. The Morgan fingerprint density at radius 3 is 2.94 bits per heavy atom. The van der Waals surface area contributed by atoms with Gasteiger partial charge in [-0.25, -0.2) is 4.79 Å². The Morgan fingerprint density at radius 1 is 1.44 bits per heavy atom. The highest BCUT2D eigenvalue weighted by atomic mass is 16.6. The Balaban J connectivity index is 1.85. The smallest absolute Gasteiger partial charge is 0.314 e. The van der Waals surface area contributed by atoms with Crippen LogP contribution in [0.1, 0.15) is 12.8 Å². The summed E-state index contributed by atoms with van der Waals surface area (Å²) in [6.45, 7) is 1.31. The summed E-state index contributed by atoms with van der Waals surface area (Å²) in [6, 6.07) is -0.353. The van der Waals surface area contributed by atoms with Crippen LogP contribution in [0, 0.1) is 5.41 Å². The van der Waals surface area contributed by atoms with Crippen LogP contribution < -0.4 is 5.73 Å². The third-order valence-corrected chi connectivity index (χ3v) is 3.79. The minimum absolute atomic E-state index is 0.102. The van der Waals surface area contributed by atoms with Crippen LogP contribution in [0.15, 0.2) is 34.3 Å². The van der Waals surface area contributed by atoms with Crippen LogP contribution in [0.3, 0.4) is 0 Å². The van der Waals surface area contributed by atoms with Gasteiger partial charge in [-0.15, -0.1) is 0 Å². The first-order chi connectivity index (χ1) is 8.71. The lowest BCUT2D eigenvalue weighted by molar-refractivity contribution is 0.165. The quantitative estimate of drug-likeness (QED) is 0.692. The van der Waals surface area contributed by atoms with Gasteiger partial charge >= 0.3 is 6.03 Å². The lowest BCUT2D eigenvalue weighted by Gasteiger charge is -2.41. The number of carbonyl (C=O) groups excluding carboxylic acids is 1. The van der Waals surface area contributed by atoms with E-state index in [1.54, 1.807) is 17.4 Å². The van der Waals surface area contributed by atoms with Crippen molar-refractivity contribution in [2.24, 2.45) is 21.3 Å². The van der Waals surface area contributed by atoms with Crippen LogP contribution in [0.2, 0.25) is 0 Å². The number of amides is 2. The molecule has 0 atom stereocenters. The van der Waals surface area contributed by atoms with Gasteiger partial charge in [0, 0.05) is 30.3 Å². The number of aliphatic imine (C=N–C) groups is 1. The lowest BCUT2D eigenvalue weighted by atomic mass is 9.70. The molecular weight excluding hydrogens is 232 g/mol. The van der Waals surface area contributed by atoms with Crippen molar-refractivity contribution in [3.63, 3.8) is 0 Å². The molecule has 0 aliphatic carbocycles. The predicted octanol–water partition coefficient (Wildman–Crippen LogP) is 1.02. The molecule has 0 saturated carbocycles. The predicted molar refractivity (Wildman–Crippen MR) is 67.1 cm³/mol. The van der Waals surface area contributed by atoms with Crippen LogP contribution in [-0.4, -0.2) is 35.9 Å². The van der Waals surface area contributed by atoms with Crippen molar-refractivity contribution >= 4 is 18.0 Å². The van der Waals surface area contributed by atoms with Gasteiger partial charge in [0.15, 0.2) is 0 Å². The van der Waals surface area contributed by atoms with E-state index in [4.69, 9.17) is 10.6 Å². The van der Waals surface area contributed by atoms with Crippen molar-refractivity contribution in [2.75, 3.05) is 13.1 Å². The minimum Gasteiger partial charge on any atom is -0.364 e. The van der Waals surface area contributed by atoms with Gasteiger partial charge < -0.3 is 15.5 Å². The fraction of sp³-hybridized carbons (Fsp3) is 0.417. The molecule has 18 heavy (non-hydrogen) atoms. The number of piperidine rings is 1. The Bertz CT molecular complexity index is 496. The van der Waals surface area contributed by atoms with Gasteiger partial charge in [-0.05, 0) is 12.8 Å². The van der Waals surface area contributed by atoms with Gasteiger partial charge in [-0.2, -0.15) is 0 Å². The van der Waals surface area contributed by atoms with Gasteiger partial charge in [-0.1, -0.05) is 11.2 Å². The summed E-state index contributed by atoms with van der Waals surface area (Å²) in [4.78, 5) is 22.1. The van der Waals surface area contributed by atoms with E-state index in [1.807, 2.05) is 6.20 Å². The summed E-state index contributed by atoms with van der Waals surface area (Å²) in [5.74, 6) is 0. The maximum Gasteiger partial charge on any atom is 0.314 e. The number of hydrogen-bond donors (Lipinski definition) is 1. The van der Waals surface area contributed by atoms with Gasteiger partial charge in [0.1, 0.15) is 6.26 Å². The molecule has 6 nitrogen and oxygen atoms in total. The van der Waals surface area contributed by atoms with Crippen LogP contribution in [0.4, 0.5) is 4.79 Å². The molecule has 0 radical (unpaired) electrons. The molecular formula is C12H14N4O2. The zero-order chi connectivity index (χ0) is 12.6. The third-order valence-electron chi connectivity index (χ3n) is 3.79. The molecule has 2 N–H and O–H groups in total. The second-order valence-corrected chi connectivity index (χ2v) is 4.68. The van der Waals surface area contributed by atoms with Gasteiger partial charge in [0.05, 0.1) is 11.9 Å². The van der Waals surface area contributed by atoms with E-state index in [-0.39, 0.29) is 11.4 Å². The topological polar surface area (TPSA) is 80.3 Å². The normalized spacial score (nSPS) is 24.1. The average Bonchev–Trinajstić information content (AvgIpc) is 2.40. The fourth-order valence-electron chi connectivity index (χ4n) is 2.68. The molecule has 1 fully saturated rings. The van der Waals surface area contributed by atoms with Crippen LogP contribution >= 0.6 is 0 Å². The molecule has 0 aromatic carbocycles. The summed E-state index contributed by atoms with van der Waals surface area (Å²) < 4.78 is 0. The number of oxime groups is 1. The Hall–Kier alpha value is -2.11. The zero-order valence-corrected chi connectivity index (χ0v) is 9.87. The number of fused-ring (bicyclic) bond motifs is 2. The molecule has 0 aromatic rings. The highest BCUT2D eigenvalue weighted by molar-refractivity contribution is 6.39. The van der Waals surface area contributed by atoms with E-state index >= 15 is 0 Å². The third kappa shape index (κ3) is 1.61. The lowest BCUT2D eigenvalue weighted by Crippen LogP contribution is -2.47. The number of nitrogens with zero attached hydrogens (tertiary/aromatic N) is 3. The molecule has 1 spiro atoms. The Labute approximate surface area is 104 Å². The second-order valence-electron chi connectivity index (χ2n) is 4.68. The molecule has 3 aliphatic heterocycles. The van der Waals surface area contributed by atoms with Crippen LogP contribution in [0.5, 0.6) is 0 Å². The molecule has 0 aromatic heterocycles. The highest BCUT2D eigenvalue weighted by Crippen LogP contribution is 2.43. The summed E-state index contributed by atoms with van der Waals surface area (Å²) in [6.07, 6.45) is 8.83. The molecule has 1 saturated heterocycles. The number of carbonyl (C=O) groups is 1. The van der Waals surface area contributed by atoms with E-state index in [1.165, 1.54) is 0 Å². The van der Waals surface area contributed by atoms with Crippen molar-refractivity contribution in [2.45, 2.75) is 12.8 Å². The number of primary amides is 1. The van der Waals surface area contributed by atoms with Crippen molar-refractivity contribution in [1.29, 1.82) is 0 Å². The first-order valence-corrected chi connectivity index (χ1v) is 5.91. The number of allylic oxidation sites excluding steroid dienone is 2. The Morgan fingerprint density at radius 2 is 2.22 bits per heavy atom. The maximum atomic E-state index is 11.2. The van der Waals surface area contributed by atoms with Crippen LogP contribution in [-0.2, 0) is 4.84 Å². The van der Waals surface area contributed by atoms with E-state index in [9.17, 15) is 4.79 Å². The molecule has 3 aliphatic rings. The maximum absolute atomic E-state index is 11.2. The zero-order valence-electron chi connectivity index (χ0n) is 9.87. The molecule has 2 amide bonds. The number of urea groups is 1. The molecule has 0 unspecified atom stereocenters. The summed E-state index contributed by atoms with van der Waals surface area (Å²) in [5, 5.41) is 3.73. The van der Waals surface area contributed by atoms with E-state index < -0.39 is 0 Å². The van der Waals surface area contributed by atoms with E-state index in [0.29, 0.717) is 13.1 Å². The summed E-state index contributed by atoms with van der Waals surface area (Å²) in [5.41, 5.74) is 7.09. The number of hydrogen-bond acceptors (Lipinski definition) is 4. The first-order valence-electron chi connectivity index (χ1n) is 5.91. The largest absolute Gasteiger partial charge is 0.364 e. The highest BCUT2D eigenvalue weighted by Gasteiger charge is 2.40. The van der Waals surface area contributed by atoms with Crippen molar-refractivity contribution in [1.82, 2.24) is 4.90 Å². The second kappa shape index (κ2) is 3.97. The standard InChI is InChI=1S/C12H14N4O2/c13-11(17)16-5-2-12(3-6-16)1-4-14-10-7-15-18-8-9(10)12/h1,4,7-8H,2-3,5-6H2,(H2,13,17). The molecule has 3 heterocycles. The average molecular weight is 246 g/mol. The van der Waals surface area contributed by atoms with Crippen LogP contribution in [0.25, 0.3) is 0 Å². The monoisotopic (exact) mass is 246 g/mol. The van der Waals surface area contributed by atoms with E-state index in [0.717, 1.165) is 24.1 Å². The van der Waals surface area contributed by atoms with E-state index in [2.05, 4.69) is 16.2 Å². The molecule has 6 heteroatoms. The SMILES string of the molecule is NC(=O)N1CCC2(C=CN=C3C=NOC=C32)CC1. The van der Waals surface area contributed by atoms with Crippen molar-refractivity contribution < 1.29 is 9.63 Å². The fourth-order valence-corrected chi connectivity index (χ4v) is 2.68. The number of nitrogens with two attached hydrogens (primary N) is 1. The van der Waals surface area contributed by atoms with Gasteiger partial charge in [-0.3, -0.25) is 4.99 Å². The summed E-state index contributed by atoms with van der Waals surface area (Å²) in [7, 11) is 0. The minimum atomic E-state index is -0.353. The first kappa shape index (κ1) is 11.0. The molecule has 94 valence electrons. The molecule has 0 bridgehead atoms. The molecule has 3 rings (SSSR count). The van der Waals surface area contributed by atoms with Crippen molar-refractivity contribution in [3.05, 3.63) is 24.1 Å². The summed E-state index contributed by atoms with van der Waals surface area (Å²) >= 11 is 0. The van der Waals surface area contributed by atoms with Gasteiger partial charge in [0.2, 0.25) is 0 Å². The van der Waals surface area contributed by atoms with Crippen molar-refractivity contribution in [3.8, 4) is 0 Å².